The molecule has 0 aliphatic heterocycles. The van der Waals surface area contributed by atoms with Crippen LogP contribution in [0.1, 0.15) is 52.7 Å². The van der Waals surface area contributed by atoms with Gasteiger partial charge in [0.15, 0.2) is 24.6 Å². The first-order valence-corrected chi connectivity index (χ1v) is 14.0. The number of hydrogen-bond acceptors (Lipinski definition) is 3. The van der Waals surface area contributed by atoms with Crippen LogP contribution in [0.5, 0.6) is 0 Å². The molecule has 0 heterocycles. The zero-order chi connectivity index (χ0) is 25.9. The largest absolute Gasteiger partial charge is 0.744 e. The number of halogens is 4. The minimum atomic E-state index is -5.10. The predicted octanol–water partition coefficient (Wildman–Crippen LogP) is 3.42. The van der Waals surface area contributed by atoms with Crippen LogP contribution < -0.4 is 21.2 Å². The maximum absolute atomic E-state index is 12.6. The lowest BCUT2D eigenvalue weighted by Crippen LogP contribution is -3.61. The fourth-order valence-corrected chi connectivity index (χ4v) is 5.55. The van der Waals surface area contributed by atoms with E-state index in [-0.39, 0.29) is 32.0 Å². The quantitative estimate of drug-likeness (QED) is 0.262. The molecule has 0 bridgehead atoms. The summed E-state index contributed by atoms with van der Waals surface area (Å²) in [5, 5.41) is 0. The monoisotopic (exact) mass is 604 g/mol. The minimum absolute atomic E-state index is 0.0703. The normalized spacial score (nSPS) is 12.2. The van der Waals surface area contributed by atoms with Crippen LogP contribution in [0.4, 0.5) is 13.2 Å². The Hall–Kier alpha value is -1.91. The van der Waals surface area contributed by atoms with Crippen LogP contribution in [0.15, 0.2) is 65.6 Å². The van der Waals surface area contributed by atoms with Gasteiger partial charge in [-0.3, -0.25) is 0 Å². The second kappa shape index (κ2) is 10.8. The van der Waals surface area contributed by atoms with Crippen molar-refractivity contribution in [3.8, 4) is 0 Å². The highest BCUT2D eigenvalue weighted by molar-refractivity contribution is 7.85. The lowest BCUT2D eigenvalue weighted by Gasteiger charge is -2.18. The van der Waals surface area contributed by atoms with Crippen LogP contribution in [0.25, 0.3) is 0 Å². The Labute approximate surface area is 210 Å². The Kier molecular flexibility index (Phi) is 8.99. The summed E-state index contributed by atoms with van der Waals surface area (Å²) in [5.41, 5.74) is 3.31. The van der Waals surface area contributed by atoms with Crippen molar-refractivity contribution < 1.29 is 47.3 Å². The summed E-state index contributed by atoms with van der Waals surface area (Å²) in [6, 6.07) is 19.1. The molecule has 34 heavy (non-hydrogen) atoms. The van der Waals surface area contributed by atoms with E-state index in [2.05, 4.69) is 90.1 Å². The molecule has 0 aromatic heterocycles. The molecule has 0 fully saturated rings. The van der Waals surface area contributed by atoms with E-state index < -0.39 is 32.5 Å². The maximum Gasteiger partial charge on any atom is 0.357 e. The first kappa shape index (κ1) is 28.3. The van der Waals surface area contributed by atoms with Crippen LogP contribution >= 0.6 is 0 Å². The van der Waals surface area contributed by atoms with Crippen molar-refractivity contribution in [2.75, 3.05) is 0 Å². The third-order valence-electron chi connectivity index (χ3n) is 4.91. The van der Waals surface area contributed by atoms with Gasteiger partial charge >= 0.3 is 21.2 Å². The number of benzene rings is 3. The summed E-state index contributed by atoms with van der Waals surface area (Å²) in [4.78, 5) is -1.40. The van der Waals surface area contributed by atoms with E-state index in [1.165, 1.54) is 18.3 Å². The summed E-state index contributed by atoms with van der Waals surface area (Å²) in [7, 11) is -5.10. The molecular formula is C26H28F3IO3S. The van der Waals surface area contributed by atoms with Crippen LogP contribution in [-0.4, -0.2) is 13.0 Å². The lowest BCUT2D eigenvalue weighted by molar-refractivity contribution is -0.597. The average Bonchev–Trinajstić information content (AvgIpc) is 2.71. The number of rotatable bonds is 3. The second-order valence-corrected chi connectivity index (χ2v) is 14.1. The van der Waals surface area contributed by atoms with Crippen LogP contribution in [0.2, 0.25) is 0 Å². The summed E-state index contributed by atoms with van der Waals surface area (Å²) < 4.78 is 70.8. The summed E-state index contributed by atoms with van der Waals surface area (Å²) in [6.07, 6.45) is 0. The van der Waals surface area contributed by atoms with Gasteiger partial charge in [0.2, 0.25) is 0 Å². The molecule has 0 aliphatic carbocycles. The summed E-state index contributed by atoms with van der Waals surface area (Å²) >= 11 is -0.0703. The van der Waals surface area contributed by atoms with Gasteiger partial charge in [0.25, 0.3) is 0 Å². The minimum Gasteiger partial charge on any atom is -0.744 e. The SMILES string of the molecule is CC(C)(C)c1ccc([I+]c2ccc(C(C)(C)C)cc2)cc1.O=S(=O)([O-])c1ccc(F)c(F)c1F. The Morgan fingerprint density at radius 3 is 1.35 bits per heavy atom. The molecular weight excluding hydrogens is 576 g/mol. The second-order valence-electron chi connectivity index (χ2n) is 9.74. The molecule has 3 aromatic carbocycles. The molecule has 8 heteroatoms. The van der Waals surface area contributed by atoms with Crippen molar-refractivity contribution >= 4 is 10.1 Å². The highest BCUT2D eigenvalue weighted by Gasteiger charge is 2.20. The van der Waals surface area contributed by atoms with Crippen molar-refractivity contribution in [3.63, 3.8) is 0 Å². The molecule has 0 atom stereocenters. The van der Waals surface area contributed by atoms with Gasteiger partial charge < -0.3 is 4.55 Å². The Balaban J connectivity index is 0.000000270. The van der Waals surface area contributed by atoms with Gasteiger partial charge in [-0.1, -0.05) is 65.8 Å². The Morgan fingerprint density at radius 2 is 1.03 bits per heavy atom. The van der Waals surface area contributed by atoms with Gasteiger partial charge in [0, 0.05) is 0 Å². The first-order valence-electron chi connectivity index (χ1n) is 10.5. The van der Waals surface area contributed by atoms with E-state index in [0.29, 0.717) is 12.1 Å². The molecule has 184 valence electrons. The number of hydrogen-bond donors (Lipinski definition) is 0. The molecule has 0 aliphatic rings. The van der Waals surface area contributed by atoms with Crippen molar-refractivity contribution in [1.82, 2.24) is 0 Å². The van der Waals surface area contributed by atoms with Gasteiger partial charge in [0.05, 0.1) is 4.90 Å². The third-order valence-corrected chi connectivity index (χ3v) is 8.45. The molecule has 0 amide bonds. The molecule has 3 rings (SSSR count). The Bertz CT molecular complexity index is 1170. The fourth-order valence-electron chi connectivity index (χ4n) is 2.85. The van der Waals surface area contributed by atoms with E-state index in [9.17, 15) is 26.1 Å². The highest BCUT2D eigenvalue weighted by atomic mass is 127. The van der Waals surface area contributed by atoms with Gasteiger partial charge in [-0.05, 0) is 58.4 Å². The van der Waals surface area contributed by atoms with E-state index in [0.717, 1.165) is 0 Å². The van der Waals surface area contributed by atoms with Gasteiger partial charge in [-0.15, -0.1) is 0 Å². The summed E-state index contributed by atoms with van der Waals surface area (Å²) in [6.45, 7) is 13.6. The maximum atomic E-state index is 12.6. The zero-order valence-electron chi connectivity index (χ0n) is 19.9. The van der Waals surface area contributed by atoms with Gasteiger partial charge in [0.1, 0.15) is 10.1 Å². The molecule has 0 saturated heterocycles. The van der Waals surface area contributed by atoms with Crippen LogP contribution in [-0.2, 0) is 20.9 Å². The van der Waals surface area contributed by atoms with Crippen molar-refractivity contribution in [3.05, 3.63) is 96.4 Å². The summed E-state index contributed by atoms with van der Waals surface area (Å²) in [5.74, 6) is -5.52. The molecule has 0 unspecified atom stereocenters. The lowest BCUT2D eigenvalue weighted by atomic mass is 9.87. The molecule has 0 spiro atoms. The smallest absolute Gasteiger partial charge is 0.357 e. The van der Waals surface area contributed by atoms with Crippen LogP contribution in [0.3, 0.4) is 0 Å². The molecule has 0 saturated carbocycles. The average molecular weight is 604 g/mol. The zero-order valence-corrected chi connectivity index (χ0v) is 22.9. The van der Waals surface area contributed by atoms with E-state index in [1.807, 2.05) is 0 Å². The molecule has 0 N–H and O–H groups in total. The topological polar surface area (TPSA) is 57.2 Å². The van der Waals surface area contributed by atoms with E-state index >= 15 is 0 Å². The van der Waals surface area contributed by atoms with Crippen LogP contribution in [0, 0.1) is 24.6 Å². The van der Waals surface area contributed by atoms with Gasteiger partial charge in [-0.2, -0.15) is 0 Å². The van der Waals surface area contributed by atoms with E-state index in [1.54, 1.807) is 0 Å². The van der Waals surface area contributed by atoms with Crippen molar-refractivity contribution in [1.29, 1.82) is 0 Å². The highest BCUT2D eigenvalue weighted by Crippen LogP contribution is 2.22. The Morgan fingerprint density at radius 1 is 0.647 bits per heavy atom. The molecule has 3 aromatic rings. The van der Waals surface area contributed by atoms with E-state index in [4.69, 9.17) is 0 Å². The first-order chi connectivity index (χ1) is 15.5. The van der Waals surface area contributed by atoms with Gasteiger partial charge in [-0.25, -0.2) is 21.6 Å². The molecule has 3 nitrogen and oxygen atoms in total. The van der Waals surface area contributed by atoms with Crippen molar-refractivity contribution in [2.45, 2.75) is 57.3 Å². The third kappa shape index (κ3) is 7.81. The fraction of sp³-hybridized carbons (Fsp3) is 0.308. The van der Waals surface area contributed by atoms with Crippen molar-refractivity contribution in [2.24, 2.45) is 0 Å². The standard InChI is InChI=1S/C20H26I.C6H3F3O3S/c1-19(2,3)15-7-11-17(12-8-15)21-18-13-9-16(10-14-18)20(4,5)6;7-3-1-2-4(13(10,11)12)6(9)5(3)8/h7-14H,1-6H3;1-2H,(H,10,11,12)/q+1;/p-1. The molecule has 0 radical (unpaired) electrons. The predicted molar refractivity (Wildman–Crippen MR) is 122 cm³/mol.